The van der Waals surface area contributed by atoms with Crippen LogP contribution in [0.25, 0.3) is 0 Å². The summed E-state index contributed by atoms with van der Waals surface area (Å²) < 4.78 is 10.1. The summed E-state index contributed by atoms with van der Waals surface area (Å²) in [6.45, 7) is 6.94. The standard InChI is InChI=1S/C10H16N2O3/c1-9(2)7-15-8-14-6-5-12-10(13)3-4-11/h1,3,5-8H2,2H3,(H,12,13). The molecule has 15 heavy (non-hydrogen) atoms. The van der Waals surface area contributed by atoms with Crippen LogP contribution in [-0.4, -0.2) is 32.5 Å². The van der Waals surface area contributed by atoms with Crippen molar-refractivity contribution in [3.63, 3.8) is 0 Å². The monoisotopic (exact) mass is 212 g/mol. The summed E-state index contributed by atoms with van der Waals surface area (Å²) in [5.74, 6) is -0.288. The molecule has 0 aliphatic carbocycles. The maximum Gasteiger partial charge on any atom is 0.234 e. The van der Waals surface area contributed by atoms with Gasteiger partial charge in [-0.2, -0.15) is 5.26 Å². The lowest BCUT2D eigenvalue weighted by atomic mass is 10.4. The molecule has 0 aromatic carbocycles. The number of nitriles is 1. The normalized spacial score (nSPS) is 9.33. The molecule has 5 heteroatoms. The quantitative estimate of drug-likeness (QED) is 0.363. The Hall–Kier alpha value is -1.38. The molecule has 0 heterocycles. The van der Waals surface area contributed by atoms with Gasteiger partial charge >= 0.3 is 0 Å². The van der Waals surface area contributed by atoms with Crippen molar-refractivity contribution in [3.8, 4) is 6.07 Å². The molecule has 0 saturated carbocycles. The fourth-order valence-electron chi connectivity index (χ4n) is 0.731. The van der Waals surface area contributed by atoms with E-state index >= 15 is 0 Å². The first-order chi connectivity index (χ1) is 7.16. The van der Waals surface area contributed by atoms with E-state index in [9.17, 15) is 4.79 Å². The van der Waals surface area contributed by atoms with E-state index in [-0.39, 0.29) is 19.1 Å². The third-order valence-electron chi connectivity index (χ3n) is 1.32. The highest BCUT2D eigenvalue weighted by molar-refractivity contribution is 5.77. The minimum Gasteiger partial charge on any atom is -0.354 e. The van der Waals surface area contributed by atoms with Crippen LogP contribution < -0.4 is 5.32 Å². The van der Waals surface area contributed by atoms with E-state index in [0.29, 0.717) is 19.8 Å². The molecule has 0 bridgehead atoms. The maximum atomic E-state index is 10.8. The average Bonchev–Trinajstić information content (AvgIpc) is 2.16. The summed E-state index contributed by atoms with van der Waals surface area (Å²) in [4.78, 5) is 10.8. The van der Waals surface area contributed by atoms with Gasteiger partial charge < -0.3 is 14.8 Å². The van der Waals surface area contributed by atoms with Gasteiger partial charge in [0, 0.05) is 6.54 Å². The predicted molar refractivity (Wildman–Crippen MR) is 54.8 cm³/mol. The van der Waals surface area contributed by atoms with Crippen LogP contribution in [-0.2, 0) is 14.3 Å². The Kier molecular flexibility index (Phi) is 8.34. The summed E-state index contributed by atoms with van der Waals surface area (Å²) in [5, 5.41) is 10.7. The number of nitrogens with zero attached hydrogens (tertiary/aromatic N) is 1. The van der Waals surface area contributed by atoms with E-state index < -0.39 is 0 Å². The van der Waals surface area contributed by atoms with Gasteiger partial charge in [-0.3, -0.25) is 4.79 Å². The summed E-state index contributed by atoms with van der Waals surface area (Å²) >= 11 is 0. The van der Waals surface area contributed by atoms with Crippen molar-refractivity contribution in [1.82, 2.24) is 5.32 Å². The fourth-order valence-corrected chi connectivity index (χ4v) is 0.731. The van der Waals surface area contributed by atoms with Gasteiger partial charge in [-0.25, -0.2) is 0 Å². The molecule has 0 rings (SSSR count). The summed E-state index contributed by atoms with van der Waals surface area (Å²) in [7, 11) is 0. The molecule has 0 spiro atoms. The van der Waals surface area contributed by atoms with E-state index in [1.54, 1.807) is 6.07 Å². The second-order valence-corrected chi connectivity index (χ2v) is 3.02. The van der Waals surface area contributed by atoms with Crippen molar-refractivity contribution >= 4 is 5.91 Å². The van der Waals surface area contributed by atoms with E-state index in [2.05, 4.69) is 11.9 Å². The van der Waals surface area contributed by atoms with Crippen LogP contribution >= 0.6 is 0 Å². The lowest BCUT2D eigenvalue weighted by Gasteiger charge is -2.05. The molecule has 1 amide bonds. The third-order valence-corrected chi connectivity index (χ3v) is 1.32. The Morgan fingerprint density at radius 1 is 1.53 bits per heavy atom. The van der Waals surface area contributed by atoms with Crippen molar-refractivity contribution in [2.75, 3.05) is 26.6 Å². The third kappa shape index (κ3) is 10.5. The highest BCUT2D eigenvalue weighted by Gasteiger charge is 1.97. The molecule has 1 N–H and O–H groups in total. The zero-order valence-corrected chi connectivity index (χ0v) is 8.91. The Labute approximate surface area is 89.7 Å². The lowest BCUT2D eigenvalue weighted by molar-refractivity contribution is -0.120. The number of carbonyl (C=O) groups is 1. The number of hydrogen-bond donors (Lipinski definition) is 1. The van der Waals surface area contributed by atoms with E-state index in [1.807, 2.05) is 6.92 Å². The number of carbonyl (C=O) groups excluding carboxylic acids is 1. The zero-order chi connectivity index (χ0) is 11.5. The van der Waals surface area contributed by atoms with Gasteiger partial charge in [-0.05, 0) is 6.92 Å². The Morgan fingerprint density at radius 3 is 2.87 bits per heavy atom. The largest absolute Gasteiger partial charge is 0.354 e. The number of nitrogens with one attached hydrogen (secondary N) is 1. The molecule has 0 aromatic heterocycles. The van der Waals surface area contributed by atoms with Crippen LogP contribution in [0.1, 0.15) is 13.3 Å². The van der Waals surface area contributed by atoms with Gasteiger partial charge in [0.05, 0.1) is 19.3 Å². The molecule has 0 fully saturated rings. The van der Waals surface area contributed by atoms with Crippen molar-refractivity contribution in [1.29, 1.82) is 5.26 Å². The van der Waals surface area contributed by atoms with E-state index in [0.717, 1.165) is 5.57 Å². The molecule has 0 aliphatic rings. The van der Waals surface area contributed by atoms with Crippen LogP contribution in [0.2, 0.25) is 0 Å². The van der Waals surface area contributed by atoms with Gasteiger partial charge in [0.2, 0.25) is 5.91 Å². The minimum atomic E-state index is -0.288. The number of hydrogen-bond acceptors (Lipinski definition) is 4. The summed E-state index contributed by atoms with van der Waals surface area (Å²) in [6, 6.07) is 1.75. The maximum absolute atomic E-state index is 10.8. The molecule has 0 radical (unpaired) electrons. The van der Waals surface area contributed by atoms with Crippen LogP contribution in [0.3, 0.4) is 0 Å². The fraction of sp³-hybridized carbons (Fsp3) is 0.600. The molecule has 5 nitrogen and oxygen atoms in total. The first-order valence-corrected chi connectivity index (χ1v) is 4.60. The SMILES string of the molecule is C=C(C)COCOCCNC(=O)CC#N. The van der Waals surface area contributed by atoms with Crippen molar-refractivity contribution in [2.45, 2.75) is 13.3 Å². The molecular weight excluding hydrogens is 196 g/mol. The van der Waals surface area contributed by atoms with Crippen LogP contribution in [0.5, 0.6) is 0 Å². The van der Waals surface area contributed by atoms with Crippen LogP contribution in [0.4, 0.5) is 0 Å². The smallest absolute Gasteiger partial charge is 0.234 e. The first kappa shape index (κ1) is 13.6. The lowest BCUT2D eigenvalue weighted by Crippen LogP contribution is -2.26. The molecule has 0 aliphatic heterocycles. The molecule has 0 saturated heterocycles. The van der Waals surface area contributed by atoms with Crippen molar-refractivity contribution in [3.05, 3.63) is 12.2 Å². The topological polar surface area (TPSA) is 71.3 Å². The van der Waals surface area contributed by atoms with Gasteiger partial charge in [-0.15, -0.1) is 0 Å². The van der Waals surface area contributed by atoms with Gasteiger partial charge in [0.15, 0.2) is 0 Å². The Bertz CT molecular complexity index is 246. The molecule has 0 unspecified atom stereocenters. The Balaban J connectivity index is 3.15. The average molecular weight is 212 g/mol. The highest BCUT2D eigenvalue weighted by atomic mass is 16.7. The van der Waals surface area contributed by atoms with Gasteiger partial charge in [-0.1, -0.05) is 12.2 Å². The number of amides is 1. The number of rotatable bonds is 8. The summed E-state index contributed by atoms with van der Waals surface area (Å²) in [5.41, 5.74) is 0.931. The minimum absolute atomic E-state index is 0.119. The van der Waals surface area contributed by atoms with Gasteiger partial charge in [0.25, 0.3) is 0 Å². The van der Waals surface area contributed by atoms with Gasteiger partial charge in [0.1, 0.15) is 13.2 Å². The second-order valence-electron chi connectivity index (χ2n) is 3.02. The molecule has 0 atom stereocenters. The van der Waals surface area contributed by atoms with Crippen LogP contribution in [0.15, 0.2) is 12.2 Å². The summed E-state index contributed by atoms with van der Waals surface area (Å²) in [6.07, 6.45) is -0.119. The Morgan fingerprint density at radius 2 is 2.27 bits per heavy atom. The second kappa shape index (κ2) is 9.19. The van der Waals surface area contributed by atoms with Crippen molar-refractivity contribution in [2.24, 2.45) is 0 Å². The first-order valence-electron chi connectivity index (χ1n) is 4.60. The van der Waals surface area contributed by atoms with Crippen molar-refractivity contribution < 1.29 is 14.3 Å². The highest BCUT2D eigenvalue weighted by Crippen LogP contribution is 1.87. The van der Waals surface area contributed by atoms with Crippen LogP contribution in [0, 0.1) is 11.3 Å². The predicted octanol–water partition coefficient (Wildman–Crippen LogP) is 0.583. The zero-order valence-electron chi connectivity index (χ0n) is 8.91. The van der Waals surface area contributed by atoms with E-state index in [4.69, 9.17) is 14.7 Å². The molecule has 84 valence electrons. The van der Waals surface area contributed by atoms with E-state index in [1.165, 1.54) is 0 Å². The molecule has 0 aromatic rings. The number of ether oxygens (including phenoxy) is 2. The molecular formula is C10H16N2O3.